The molecule has 4 aromatic rings. The van der Waals surface area contributed by atoms with Crippen LogP contribution in [0.5, 0.6) is 11.5 Å². The summed E-state index contributed by atoms with van der Waals surface area (Å²) in [6, 6.07) is 15.6. The number of carbonyl (C=O) groups is 1. The van der Waals surface area contributed by atoms with E-state index in [2.05, 4.69) is 11.1 Å². The number of halogens is 2. The van der Waals surface area contributed by atoms with Crippen LogP contribution in [0.3, 0.4) is 0 Å². The Morgan fingerprint density at radius 2 is 1.76 bits per heavy atom. The van der Waals surface area contributed by atoms with Gasteiger partial charge in [-0.25, -0.2) is 12.8 Å². The summed E-state index contributed by atoms with van der Waals surface area (Å²) in [7, 11) is -2.17. The summed E-state index contributed by atoms with van der Waals surface area (Å²) in [4.78, 5) is 13.1. The highest BCUT2D eigenvalue weighted by Gasteiger charge is 2.34. The second-order valence-electron chi connectivity index (χ2n) is 9.99. The van der Waals surface area contributed by atoms with E-state index in [4.69, 9.17) is 9.15 Å². The third kappa shape index (κ3) is 6.48. The van der Waals surface area contributed by atoms with Crippen molar-refractivity contribution in [3.63, 3.8) is 0 Å². The quantitative estimate of drug-likeness (QED) is 0.243. The highest BCUT2D eigenvalue weighted by Crippen LogP contribution is 2.48. The number of carbonyl (C=O) groups excluding carboxylic acids is 1. The minimum absolute atomic E-state index is 0. The molecule has 1 atom stereocenters. The standard InChI is InChI=1S/C29H30FN3O6S.ClH/c1-32-29(35)27-24-13-23(17-3-4-17)25(33(40(2,36)37)15-20(31)16-34)14-26(24)39-28(27)18-5-9-21(10-6-18)38-22-11-7-19(30)8-12-22;/h5-14,17,20,34H,3-4,15-16,31H2,1-2H3,(H,32,35);1H. The van der Waals surface area contributed by atoms with Crippen molar-refractivity contribution in [1.29, 1.82) is 0 Å². The molecule has 1 heterocycles. The lowest BCUT2D eigenvalue weighted by atomic mass is 10.00. The number of hydrogen-bond acceptors (Lipinski definition) is 6. The largest absolute Gasteiger partial charge is 1.00 e. The second-order valence-corrected chi connectivity index (χ2v) is 11.9. The summed E-state index contributed by atoms with van der Waals surface area (Å²) in [6.45, 7) is -0.258. The van der Waals surface area contributed by atoms with Gasteiger partial charge in [-0.3, -0.25) is 9.10 Å². The fourth-order valence-corrected chi connectivity index (χ4v) is 5.65. The van der Waals surface area contributed by atoms with E-state index in [9.17, 15) is 22.7 Å². The molecule has 1 aliphatic rings. The summed E-state index contributed by atoms with van der Waals surface area (Å²) < 4.78 is 52.2. The molecule has 1 aliphatic carbocycles. The van der Waals surface area contributed by atoms with Crippen molar-refractivity contribution in [2.45, 2.75) is 24.8 Å². The third-order valence-electron chi connectivity index (χ3n) is 6.83. The van der Waals surface area contributed by atoms with Gasteiger partial charge in [0.2, 0.25) is 10.0 Å². The van der Waals surface area contributed by atoms with Crippen LogP contribution < -0.4 is 32.5 Å². The Balaban J connectivity index is 0.00000387. The van der Waals surface area contributed by atoms with Crippen molar-refractivity contribution >= 4 is 32.6 Å². The third-order valence-corrected chi connectivity index (χ3v) is 7.97. The second kappa shape index (κ2) is 12.1. The molecule has 1 amide bonds. The van der Waals surface area contributed by atoms with Gasteiger partial charge in [-0.2, -0.15) is 0 Å². The van der Waals surface area contributed by atoms with Gasteiger partial charge in [0.05, 0.1) is 30.7 Å². The maximum Gasteiger partial charge on any atom is 0.255 e. The smallest absolute Gasteiger partial charge is 0.255 e. The van der Waals surface area contributed by atoms with Crippen LogP contribution in [0.1, 0.15) is 34.7 Å². The number of sulfonamides is 1. The number of aliphatic hydroxyl groups is 1. The van der Waals surface area contributed by atoms with Crippen molar-refractivity contribution in [3.05, 3.63) is 77.6 Å². The summed E-state index contributed by atoms with van der Waals surface area (Å²) in [5.41, 5.74) is 6.45. The van der Waals surface area contributed by atoms with Gasteiger partial charge in [-0.15, -0.1) is 0 Å². The lowest BCUT2D eigenvalue weighted by Crippen LogP contribution is -3.00. The number of rotatable bonds is 10. The number of furan rings is 1. The first kappa shape index (κ1) is 30.3. The van der Waals surface area contributed by atoms with E-state index in [1.54, 1.807) is 30.3 Å². The SMILES string of the molecule is CNC(=O)c1c(-c2ccc(Oc3ccc(F)cc3)cc2)oc2cc(N(CC([NH3+])CO)S(C)(=O)=O)c(C3CC3)cc12.[Cl-]. The molecule has 3 aromatic carbocycles. The number of aliphatic hydroxyl groups excluding tert-OH is 1. The lowest BCUT2D eigenvalue weighted by Gasteiger charge is -2.26. The fourth-order valence-electron chi connectivity index (χ4n) is 4.66. The Labute approximate surface area is 243 Å². The van der Waals surface area contributed by atoms with Gasteiger partial charge in [0.1, 0.15) is 34.7 Å². The molecule has 0 radical (unpaired) electrons. The van der Waals surface area contributed by atoms with Gasteiger partial charge in [0.15, 0.2) is 0 Å². The van der Waals surface area contributed by atoms with Gasteiger partial charge in [0.25, 0.3) is 5.91 Å². The molecule has 12 heteroatoms. The number of nitrogens with zero attached hydrogens (tertiary/aromatic N) is 1. The molecule has 9 nitrogen and oxygen atoms in total. The molecule has 0 spiro atoms. The molecule has 1 aromatic heterocycles. The van der Waals surface area contributed by atoms with E-state index in [-0.39, 0.29) is 43.2 Å². The van der Waals surface area contributed by atoms with Crippen LogP contribution in [-0.4, -0.2) is 51.9 Å². The van der Waals surface area contributed by atoms with E-state index < -0.39 is 16.1 Å². The molecule has 41 heavy (non-hydrogen) atoms. The van der Waals surface area contributed by atoms with E-state index in [1.807, 2.05) is 6.07 Å². The van der Waals surface area contributed by atoms with Crippen LogP contribution >= 0.6 is 0 Å². The van der Waals surface area contributed by atoms with Crippen molar-refractivity contribution in [2.24, 2.45) is 0 Å². The normalized spacial score (nSPS) is 13.9. The van der Waals surface area contributed by atoms with Gasteiger partial charge in [-0.05, 0) is 78.9 Å². The van der Waals surface area contributed by atoms with E-state index in [0.717, 1.165) is 24.7 Å². The minimum Gasteiger partial charge on any atom is -1.00 e. The zero-order valence-electron chi connectivity index (χ0n) is 22.6. The monoisotopic (exact) mass is 603 g/mol. The molecule has 1 fully saturated rings. The van der Waals surface area contributed by atoms with Gasteiger partial charge in [-0.1, -0.05) is 0 Å². The molecule has 0 bridgehead atoms. The highest BCUT2D eigenvalue weighted by molar-refractivity contribution is 7.92. The van der Waals surface area contributed by atoms with Crippen molar-refractivity contribution in [2.75, 3.05) is 30.8 Å². The molecule has 1 saturated carbocycles. The summed E-state index contributed by atoms with van der Waals surface area (Å²) in [6.07, 6.45) is 2.93. The van der Waals surface area contributed by atoms with E-state index in [1.165, 1.54) is 35.6 Å². The molecule has 5 N–H and O–H groups in total. The predicted octanol–water partition coefficient (Wildman–Crippen LogP) is 0.641. The maximum atomic E-state index is 13.2. The average molecular weight is 604 g/mol. The number of benzene rings is 3. The summed E-state index contributed by atoms with van der Waals surface area (Å²) >= 11 is 0. The van der Waals surface area contributed by atoms with Crippen LogP contribution in [0, 0.1) is 5.82 Å². The maximum absolute atomic E-state index is 13.2. The van der Waals surface area contributed by atoms with Crippen molar-refractivity contribution in [1.82, 2.24) is 5.32 Å². The first-order chi connectivity index (χ1) is 19.1. The molecule has 0 saturated heterocycles. The Hall–Kier alpha value is -3.64. The number of hydrogen-bond donors (Lipinski definition) is 3. The Bertz CT molecular complexity index is 1650. The van der Waals surface area contributed by atoms with Gasteiger partial charge < -0.3 is 37.7 Å². The predicted molar refractivity (Wildman–Crippen MR) is 149 cm³/mol. The average Bonchev–Trinajstić information content (AvgIpc) is 3.72. The van der Waals surface area contributed by atoms with Gasteiger partial charge >= 0.3 is 0 Å². The number of ether oxygens (including phenoxy) is 1. The molecule has 5 rings (SSSR count). The number of quaternary nitrogens is 1. The zero-order chi connectivity index (χ0) is 28.6. The number of amides is 1. The van der Waals surface area contributed by atoms with Crippen molar-refractivity contribution in [3.8, 4) is 22.8 Å². The number of fused-ring (bicyclic) bond motifs is 1. The Morgan fingerprint density at radius 3 is 2.29 bits per heavy atom. The fraction of sp³-hybridized carbons (Fsp3) is 0.276. The first-order valence-corrected chi connectivity index (χ1v) is 14.7. The van der Waals surface area contributed by atoms with Gasteiger partial charge in [0, 0.05) is 24.1 Å². The van der Waals surface area contributed by atoms with E-state index in [0.29, 0.717) is 45.0 Å². The molecular formula is C29H31ClFN3O6S. The lowest BCUT2D eigenvalue weighted by molar-refractivity contribution is -0.421. The van der Waals surface area contributed by atoms with E-state index >= 15 is 0 Å². The molecule has 0 aliphatic heterocycles. The van der Waals surface area contributed by atoms with Crippen LogP contribution in [0.2, 0.25) is 0 Å². The zero-order valence-corrected chi connectivity index (χ0v) is 24.1. The topological polar surface area (TPSA) is 137 Å². The highest BCUT2D eigenvalue weighted by atomic mass is 35.5. The minimum atomic E-state index is -3.70. The number of nitrogens with one attached hydrogen (secondary N) is 1. The van der Waals surface area contributed by atoms with Crippen LogP contribution in [0.15, 0.2) is 65.1 Å². The van der Waals surface area contributed by atoms with Crippen molar-refractivity contribution < 1.29 is 50.0 Å². The molecule has 218 valence electrons. The molecular weight excluding hydrogens is 573 g/mol. The molecule has 1 unspecified atom stereocenters. The van der Waals surface area contributed by atoms with Crippen LogP contribution in [0.25, 0.3) is 22.3 Å². The van der Waals surface area contributed by atoms with Crippen LogP contribution in [0.4, 0.5) is 10.1 Å². The Morgan fingerprint density at radius 1 is 1.15 bits per heavy atom. The summed E-state index contributed by atoms with van der Waals surface area (Å²) in [5.74, 6) is 0.777. The number of anilines is 1. The Kier molecular flexibility index (Phi) is 8.93. The first-order valence-electron chi connectivity index (χ1n) is 12.9. The summed E-state index contributed by atoms with van der Waals surface area (Å²) in [5, 5.41) is 12.8. The van der Waals surface area contributed by atoms with Crippen LogP contribution in [-0.2, 0) is 10.0 Å².